The van der Waals surface area contributed by atoms with Crippen molar-refractivity contribution in [3.63, 3.8) is 0 Å². The fourth-order valence-electron chi connectivity index (χ4n) is 2.58. The summed E-state index contributed by atoms with van der Waals surface area (Å²) in [6.07, 6.45) is 0. The fourth-order valence-corrected chi connectivity index (χ4v) is 2.58. The highest BCUT2D eigenvalue weighted by Gasteiger charge is 2.24. The van der Waals surface area contributed by atoms with Crippen molar-refractivity contribution in [2.24, 2.45) is 0 Å². The molecule has 0 unspecified atom stereocenters. The quantitative estimate of drug-likeness (QED) is 0.303. The zero-order valence-corrected chi connectivity index (χ0v) is 14.3. The van der Waals surface area contributed by atoms with Gasteiger partial charge in [0.15, 0.2) is 5.69 Å². The fraction of sp³-hybridized carbons (Fsp3) is 0.158. The maximum Gasteiger partial charge on any atom is 0.338 e. The highest BCUT2D eigenvalue weighted by atomic mass is 16.5. The van der Waals surface area contributed by atoms with Gasteiger partial charge in [0, 0.05) is 13.0 Å². The van der Waals surface area contributed by atoms with Crippen LogP contribution in [0.1, 0.15) is 33.5 Å². The number of rotatable bonds is 5. The van der Waals surface area contributed by atoms with Gasteiger partial charge >= 0.3 is 5.97 Å². The van der Waals surface area contributed by atoms with Crippen LogP contribution in [0.25, 0.3) is 11.0 Å². The number of hydrogen-bond acceptors (Lipinski definition) is 6. The van der Waals surface area contributed by atoms with Gasteiger partial charge in [0.05, 0.1) is 12.7 Å². The average molecular weight is 352 g/mol. The van der Waals surface area contributed by atoms with Crippen LogP contribution in [0.2, 0.25) is 0 Å². The lowest BCUT2D eigenvalue weighted by molar-refractivity contribution is -0.580. The lowest BCUT2D eigenvalue weighted by Crippen LogP contribution is -2.37. The summed E-state index contributed by atoms with van der Waals surface area (Å²) in [6, 6.07) is 13.1. The predicted octanol–water partition coefficient (Wildman–Crippen LogP) is 2.44. The van der Waals surface area contributed by atoms with E-state index in [4.69, 9.17) is 9.47 Å². The van der Waals surface area contributed by atoms with Gasteiger partial charge in [-0.15, -0.1) is 0 Å². The molecule has 132 valence electrons. The Bertz CT molecular complexity index is 1000. The van der Waals surface area contributed by atoms with E-state index in [2.05, 4.69) is 4.98 Å². The Morgan fingerprint density at radius 2 is 1.92 bits per heavy atom. The predicted molar refractivity (Wildman–Crippen MR) is 92.8 cm³/mol. The first-order valence-corrected chi connectivity index (χ1v) is 7.84. The zero-order chi connectivity index (χ0) is 18.7. The molecular formula is C19H16N2O5. The van der Waals surface area contributed by atoms with Gasteiger partial charge in [0.25, 0.3) is 5.69 Å². The second kappa shape index (κ2) is 7.18. The molecule has 7 heteroatoms. The lowest BCUT2D eigenvalue weighted by atomic mass is 10.2. The van der Waals surface area contributed by atoms with Crippen LogP contribution < -0.4 is 9.47 Å². The Kier molecular flexibility index (Phi) is 4.79. The first-order chi connectivity index (χ1) is 12.5. The van der Waals surface area contributed by atoms with E-state index in [9.17, 15) is 14.8 Å². The Morgan fingerprint density at radius 3 is 2.65 bits per heavy atom. The Morgan fingerprint density at radius 1 is 1.15 bits per heavy atom. The van der Waals surface area contributed by atoms with Gasteiger partial charge in [-0.1, -0.05) is 18.2 Å². The van der Waals surface area contributed by atoms with Gasteiger partial charge in [-0.05, 0) is 24.3 Å². The Hall–Kier alpha value is -3.48. The van der Waals surface area contributed by atoms with E-state index in [1.54, 1.807) is 42.5 Å². The number of carbonyl (C=O) groups is 2. The smallest absolute Gasteiger partial charge is 0.338 e. The minimum absolute atomic E-state index is 0.113. The van der Waals surface area contributed by atoms with Crippen LogP contribution in [0.3, 0.4) is 0 Å². The summed E-state index contributed by atoms with van der Waals surface area (Å²) in [4.78, 5) is 28.5. The largest absolute Gasteiger partial charge is 0.618 e. The third-order valence-corrected chi connectivity index (χ3v) is 3.81. The molecule has 0 N–H and O–H groups in total. The number of nitrogens with zero attached hydrogens (tertiary/aromatic N) is 2. The van der Waals surface area contributed by atoms with Crippen LogP contribution in [-0.4, -0.2) is 23.8 Å². The van der Waals surface area contributed by atoms with E-state index in [0.29, 0.717) is 21.6 Å². The molecular weight excluding hydrogens is 336 g/mol. The molecule has 0 amide bonds. The third-order valence-electron chi connectivity index (χ3n) is 3.81. The molecule has 1 heterocycles. The molecule has 3 aromatic rings. The molecule has 0 fully saturated rings. The third kappa shape index (κ3) is 3.32. The normalized spacial score (nSPS) is 10.5. The minimum Gasteiger partial charge on any atom is -0.618 e. The van der Waals surface area contributed by atoms with Crippen molar-refractivity contribution in [1.82, 2.24) is 4.98 Å². The number of benzene rings is 2. The number of carbonyl (C=O) groups excluding carboxylic acids is 2. The monoisotopic (exact) mass is 352 g/mol. The SMILES string of the molecule is COc1cccc(C(=O)OCc2nc3ccccc3[n+]([O-])c2C(C)=O)c1. The molecule has 2 aromatic carbocycles. The van der Waals surface area contributed by atoms with Crippen LogP contribution in [0.15, 0.2) is 48.5 Å². The Labute approximate surface area is 149 Å². The molecule has 7 nitrogen and oxygen atoms in total. The number of Topliss-reactive ketones (excluding diaryl/α,β-unsaturated/α-hetero) is 1. The van der Waals surface area contributed by atoms with E-state index in [-0.39, 0.29) is 23.5 Å². The highest BCUT2D eigenvalue weighted by Crippen LogP contribution is 2.16. The molecule has 0 radical (unpaired) electrons. The number of fused-ring (bicyclic) bond motifs is 1. The maximum absolute atomic E-state index is 12.5. The first-order valence-electron chi connectivity index (χ1n) is 7.84. The molecule has 0 spiro atoms. The Balaban J connectivity index is 1.91. The number of aromatic nitrogens is 2. The summed E-state index contributed by atoms with van der Waals surface area (Å²) in [5.41, 5.74) is 0.967. The molecule has 0 bridgehead atoms. The molecule has 0 aliphatic rings. The van der Waals surface area contributed by atoms with E-state index >= 15 is 0 Å². The number of methoxy groups -OCH3 is 1. The average Bonchev–Trinajstić information content (AvgIpc) is 2.65. The number of hydrogen-bond donors (Lipinski definition) is 0. The number of para-hydroxylation sites is 2. The molecule has 26 heavy (non-hydrogen) atoms. The topological polar surface area (TPSA) is 92.4 Å². The van der Waals surface area contributed by atoms with Crippen molar-refractivity contribution in [2.45, 2.75) is 13.5 Å². The van der Waals surface area contributed by atoms with E-state index in [0.717, 1.165) is 0 Å². The van der Waals surface area contributed by atoms with Crippen molar-refractivity contribution in [2.75, 3.05) is 7.11 Å². The van der Waals surface area contributed by atoms with Crippen LogP contribution in [0, 0.1) is 5.21 Å². The summed E-state index contributed by atoms with van der Waals surface area (Å²) in [5.74, 6) is -0.540. The highest BCUT2D eigenvalue weighted by molar-refractivity contribution is 5.93. The van der Waals surface area contributed by atoms with Gasteiger partial charge in [-0.3, -0.25) is 4.79 Å². The first kappa shape index (κ1) is 17.3. The van der Waals surface area contributed by atoms with Gasteiger partial charge in [-0.25, -0.2) is 9.78 Å². The molecule has 0 aliphatic carbocycles. The van der Waals surface area contributed by atoms with Crippen LogP contribution in [0.5, 0.6) is 5.75 Å². The molecule has 0 saturated carbocycles. The van der Waals surface area contributed by atoms with Gasteiger partial charge in [0.1, 0.15) is 17.9 Å². The van der Waals surface area contributed by atoms with Crippen molar-refractivity contribution in [3.8, 4) is 5.75 Å². The zero-order valence-electron chi connectivity index (χ0n) is 14.3. The second-order valence-electron chi connectivity index (χ2n) is 5.55. The summed E-state index contributed by atoms with van der Waals surface area (Å²) in [7, 11) is 1.50. The molecule has 1 aromatic heterocycles. The maximum atomic E-state index is 12.5. The molecule has 0 aliphatic heterocycles. The van der Waals surface area contributed by atoms with E-state index < -0.39 is 11.8 Å². The van der Waals surface area contributed by atoms with Crippen LogP contribution in [-0.2, 0) is 11.3 Å². The van der Waals surface area contributed by atoms with Crippen molar-refractivity contribution in [3.05, 3.63) is 70.7 Å². The number of esters is 1. The van der Waals surface area contributed by atoms with E-state index in [1.807, 2.05) is 0 Å². The van der Waals surface area contributed by atoms with Crippen LogP contribution >= 0.6 is 0 Å². The van der Waals surface area contributed by atoms with Gasteiger partial charge in [0.2, 0.25) is 11.3 Å². The summed E-state index contributed by atoms with van der Waals surface area (Å²) in [5, 5.41) is 12.5. The number of ketones is 1. The van der Waals surface area contributed by atoms with Crippen molar-refractivity contribution >= 4 is 22.8 Å². The van der Waals surface area contributed by atoms with E-state index in [1.165, 1.54) is 20.1 Å². The van der Waals surface area contributed by atoms with Crippen LogP contribution in [0.4, 0.5) is 0 Å². The molecule has 0 saturated heterocycles. The second-order valence-corrected chi connectivity index (χ2v) is 5.55. The van der Waals surface area contributed by atoms with Gasteiger partial charge in [-0.2, -0.15) is 4.73 Å². The van der Waals surface area contributed by atoms with Gasteiger partial charge < -0.3 is 14.7 Å². The lowest BCUT2D eigenvalue weighted by Gasteiger charge is -2.10. The molecule has 0 atom stereocenters. The summed E-state index contributed by atoms with van der Waals surface area (Å²) >= 11 is 0. The standard InChI is InChI=1S/C19H16N2O5/c1-12(22)18-16(20-15-8-3-4-9-17(15)21(18)24)11-26-19(23)13-6-5-7-14(10-13)25-2/h3-10H,11H2,1-2H3. The van der Waals surface area contributed by atoms with Crippen molar-refractivity contribution in [1.29, 1.82) is 0 Å². The summed E-state index contributed by atoms with van der Waals surface area (Å²) in [6.45, 7) is 0.978. The van der Waals surface area contributed by atoms with Crippen molar-refractivity contribution < 1.29 is 23.8 Å². The molecule has 3 rings (SSSR count). The minimum atomic E-state index is -0.606. The summed E-state index contributed by atoms with van der Waals surface area (Å²) < 4.78 is 10.8. The number of ether oxygens (including phenoxy) is 2.